The second-order valence-electron chi connectivity index (χ2n) is 3.80. The Morgan fingerprint density at radius 1 is 1.53 bits per heavy atom. The first kappa shape index (κ1) is 13.5. The highest BCUT2D eigenvalue weighted by atomic mass is 16.2. The number of aliphatic hydroxyl groups excluding tert-OH is 1. The molecule has 0 unspecified atom stereocenters. The van der Waals surface area contributed by atoms with Crippen LogP contribution in [0.3, 0.4) is 0 Å². The van der Waals surface area contributed by atoms with Gasteiger partial charge in [-0.05, 0) is 26.2 Å². The molecule has 4 N–H and O–H groups in total. The Hall–Kier alpha value is -1.56. The Morgan fingerprint density at radius 2 is 2.29 bits per heavy atom. The van der Waals surface area contributed by atoms with Crippen LogP contribution in [0.5, 0.6) is 0 Å². The summed E-state index contributed by atoms with van der Waals surface area (Å²) >= 11 is 0. The minimum Gasteiger partial charge on any atom is -0.396 e. The van der Waals surface area contributed by atoms with Gasteiger partial charge in [-0.3, -0.25) is 9.48 Å². The van der Waals surface area contributed by atoms with Crippen LogP contribution < -0.4 is 11.1 Å². The van der Waals surface area contributed by atoms with Gasteiger partial charge in [0, 0.05) is 19.7 Å². The second-order valence-corrected chi connectivity index (χ2v) is 3.80. The number of anilines is 1. The first-order chi connectivity index (χ1) is 8.20. The highest BCUT2D eigenvalue weighted by molar-refractivity contribution is 5.97. The number of nitrogen functional groups attached to an aromatic ring is 1. The van der Waals surface area contributed by atoms with Crippen molar-refractivity contribution < 1.29 is 9.90 Å². The summed E-state index contributed by atoms with van der Waals surface area (Å²) in [4.78, 5) is 11.8. The van der Waals surface area contributed by atoms with Crippen LogP contribution in [-0.4, -0.2) is 33.9 Å². The fraction of sp³-hybridized carbons (Fsp3) is 0.636. The van der Waals surface area contributed by atoms with E-state index in [2.05, 4.69) is 10.4 Å². The molecule has 1 aromatic heterocycles. The third kappa shape index (κ3) is 3.74. The molecule has 17 heavy (non-hydrogen) atoms. The first-order valence-electron chi connectivity index (χ1n) is 5.91. The average molecular weight is 240 g/mol. The van der Waals surface area contributed by atoms with Crippen molar-refractivity contribution in [3.05, 3.63) is 11.9 Å². The van der Waals surface area contributed by atoms with E-state index in [1.807, 2.05) is 6.92 Å². The number of rotatable bonds is 7. The molecular formula is C11H20N4O2. The summed E-state index contributed by atoms with van der Waals surface area (Å²) in [6, 6.07) is 0. The number of unbranched alkanes of at least 4 members (excludes halogenated alkanes) is 2. The number of carbonyl (C=O) groups excluding carboxylic acids is 1. The molecule has 1 aromatic rings. The van der Waals surface area contributed by atoms with E-state index in [0.29, 0.717) is 24.5 Å². The van der Waals surface area contributed by atoms with E-state index in [0.717, 1.165) is 19.3 Å². The van der Waals surface area contributed by atoms with Gasteiger partial charge < -0.3 is 16.2 Å². The summed E-state index contributed by atoms with van der Waals surface area (Å²) < 4.78 is 1.58. The SMILES string of the molecule is CCn1ncc(N)c1C(=O)NCCCCCO. The summed E-state index contributed by atoms with van der Waals surface area (Å²) in [5.41, 5.74) is 6.52. The molecule has 96 valence electrons. The molecule has 1 heterocycles. The number of nitrogens with one attached hydrogen (secondary N) is 1. The maximum absolute atomic E-state index is 11.8. The molecule has 0 aliphatic rings. The normalized spacial score (nSPS) is 10.5. The van der Waals surface area contributed by atoms with E-state index in [9.17, 15) is 4.79 Å². The zero-order chi connectivity index (χ0) is 12.7. The van der Waals surface area contributed by atoms with E-state index in [1.165, 1.54) is 6.20 Å². The molecule has 6 nitrogen and oxygen atoms in total. The molecular weight excluding hydrogens is 220 g/mol. The van der Waals surface area contributed by atoms with Gasteiger partial charge in [0.1, 0.15) is 5.69 Å². The molecule has 1 amide bonds. The van der Waals surface area contributed by atoms with Crippen molar-refractivity contribution in [3.63, 3.8) is 0 Å². The fourth-order valence-electron chi connectivity index (χ4n) is 1.59. The van der Waals surface area contributed by atoms with Gasteiger partial charge in [-0.15, -0.1) is 0 Å². The summed E-state index contributed by atoms with van der Waals surface area (Å²) in [5.74, 6) is -0.189. The van der Waals surface area contributed by atoms with Crippen LogP contribution in [0.1, 0.15) is 36.7 Å². The maximum atomic E-state index is 11.8. The van der Waals surface area contributed by atoms with Crippen molar-refractivity contribution in [2.75, 3.05) is 18.9 Å². The number of aromatic nitrogens is 2. The van der Waals surface area contributed by atoms with Gasteiger partial charge >= 0.3 is 0 Å². The van der Waals surface area contributed by atoms with Crippen LogP contribution in [0.2, 0.25) is 0 Å². The molecule has 0 aliphatic heterocycles. The largest absolute Gasteiger partial charge is 0.396 e. The van der Waals surface area contributed by atoms with Crippen molar-refractivity contribution in [3.8, 4) is 0 Å². The lowest BCUT2D eigenvalue weighted by Gasteiger charge is -2.07. The van der Waals surface area contributed by atoms with Crippen LogP contribution in [0.25, 0.3) is 0 Å². The van der Waals surface area contributed by atoms with Gasteiger partial charge in [0.15, 0.2) is 0 Å². The summed E-state index contributed by atoms with van der Waals surface area (Å²) in [7, 11) is 0. The van der Waals surface area contributed by atoms with Crippen molar-refractivity contribution in [1.29, 1.82) is 0 Å². The highest BCUT2D eigenvalue weighted by Crippen LogP contribution is 2.10. The lowest BCUT2D eigenvalue weighted by Crippen LogP contribution is -2.27. The number of nitrogens with zero attached hydrogens (tertiary/aromatic N) is 2. The van der Waals surface area contributed by atoms with Gasteiger partial charge in [-0.2, -0.15) is 5.10 Å². The standard InChI is InChI=1S/C11H20N4O2/c1-2-15-10(9(12)8-14-15)11(17)13-6-4-3-5-7-16/h8,16H,2-7,12H2,1H3,(H,13,17). The molecule has 0 aromatic carbocycles. The molecule has 0 bridgehead atoms. The van der Waals surface area contributed by atoms with Crippen molar-refractivity contribution >= 4 is 11.6 Å². The first-order valence-corrected chi connectivity index (χ1v) is 5.91. The number of carbonyl (C=O) groups is 1. The molecule has 0 spiro atoms. The van der Waals surface area contributed by atoms with E-state index in [4.69, 9.17) is 10.8 Å². The van der Waals surface area contributed by atoms with E-state index in [1.54, 1.807) is 4.68 Å². The summed E-state index contributed by atoms with van der Waals surface area (Å²) in [6.07, 6.45) is 4.01. The summed E-state index contributed by atoms with van der Waals surface area (Å²) in [6.45, 7) is 3.31. The third-order valence-electron chi connectivity index (χ3n) is 2.50. The zero-order valence-electron chi connectivity index (χ0n) is 10.1. The van der Waals surface area contributed by atoms with Gasteiger partial charge in [0.2, 0.25) is 0 Å². The minimum absolute atomic E-state index is 0.189. The molecule has 0 saturated heterocycles. The molecule has 6 heteroatoms. The van der Waals surface area contributed by atoms with E-state index in [-0.39, 0.29) is 12.5 Å². The Labute approximate surface area is 101 Å². The molecule has 0 aliphatic carbocycles. The lowest BCUT2D eigenvalue weighted by molar-refractivity contribution is 0.0943. The Morgan fingerprint density at radius 3 is 2.94 bits per heavy atom. The number of hydrogen-bond acceptors (Lipinski definition) is 4. The number of nitrogens with two attached hydrogens (primary N) is 1. The van der Waals surface area contributed by atoms with Crippen molar-refractivity contribution in [2.45, 2.75) is 32.7 Å². The molecule has 1 rings (SSSR count). The number of hydrogen-bond donors (Lipinski definition) is 3. The zero-order valence-corrected chi connectivity index (χ0v) is 10.1. The van der Waals surface area contributed by atoms with Crippen LogP contribution in [-0.2, 0) is 6.54 Å². The molecule has 0 radical (unpaired) electrons. The van der Waals surface area contributed by atoms with Gasteiger partial charge in [-0.1, -0.05) is 0 Å². The Balaban J connectivity index is 2.44. The maximum Gasteiger partial charge on any atom is 0.271 e. The van der Waals surface area contributed by atoms with E-state index < -0.39 is 0 Å². The number of aryl methyl sites for hydroxylation is 1. The van der Waals surface area contributed by atoms with Crippen LogP contribution in [0.15, 0.2) is 6.20 Å². The monoisotopic (exact) mass is 240 g/mol. The van der Waals surface area contributed by atoms with Crippen LogP contribution >= 0.6 is 0 Å². The molecule has 0 saturated carbocycles. The minimum atomic E-state index is -0.189. The number of amides is 1. The third-order valence-corrected chi connectivity index (χ3v) is 2.50. The van der Waals surface area contributed by atoms with Crippen molar-refractivity contribution in [1.82, 2.24) is 15.1 Å². The van der Waals surface area contributed by atoms with Gasteiger partial charge in [-0.25, -0.2) is 0 Å². The highest BCUT2D eigenvalue weighted by Gasteiger charge is 2.15. The lowest BCUT2D eigenvalue weighted by atomic mass is 10.2. The van der Waals surface area contributed by atoms with Crippen LogP contribution in [0, 0.1) is 0 Å². The smallest absolute Gasteiger partial charge is 0.271 e. The summed E-state index contributed by atoms with van der Waals surface area (Å²) in [5, 5.41) is 15.4. The van der Waals surface area contributed by atoms with Crippen LogP contribution in [0.4, 0.5) is 5.69 Å². The van der Waals surface area contributed by atoms with Gasteiger partial charge in [0.05, 0.1) is 11.9 Å². The molecule has 0 atom stereocenters. The van der Waals surface area contributed by atoms with Gasteiger partial charge in [0.25, 0.3) is 5.91 Å². The topological polar surface area (TPSA) is 93.2 Å². The average Bonchev–Trinajstić information content (AvgIpc) is 2.70. The predicted molar refractivity (Wildman–Crippen MR) is 65.6 cm³/mol. The predicted octanol–water partition coefficient (Wildman–Crippen LogP) is 0.378. The Bertz CT molecular complexity index is 362. The van der Waals surface area contributed by atoms with Crippen molar-refractivity contribution in [2.24, 2.45) is 0 Å². The fourth-order valence-corrected chi connectivity index (χ4v) is 1.59. The van der Waals surface area contributed by atoms with E-state index >= 15 is 0 Å². The molecule has 0 fully saturated rings. The number of aliphatic hydroxyl groups is 1. The Kier molecular flexibility index (Phi) is 5.48. The second kappa shape index (κ2) is 6.90. The quantitative estimate of drug-likeness (QED) is 0.600.